The predicted molar refractivity (Wildman–Crippen MR) is 194 cm³/mol. The van der Waals surface area contributed by atoms with E-state index in [2.05, 4.69) is 0 Å². The van der Waals surface area contributed by atoms with E-state index >= 15 is 0 Å². The Morgan fingerprint density at radius 2 is 0.978 bits per heavy atom. The van der Waals surface area contributed by atoms with Gasteiger partial charge in [0.15, 0.2) is 0 Å². The third-order valence-electron chi connectivity index (χ3n) is 8.45. The molecule has 1 heteroatoms. The molecule has 0 unspecified atom stereocenters. The van der Waals surface area contributed by atoms with E-state index in [9.17, 15) is 5.48 Å². The number of hydrogen-bond acceptors (Lipinski definition) is 1. The molecule has 1 nitrogen and oxygen atoms in total. The third-order valence-corrected chi connectivity index (χ3v) is 8.45. The van der Waals surface area contributed by atoms with Gasteiger partial charge in [-0.3, -0.25) is 0 Å². The van der Waals surface area contributed by atoms with Gasteiger partial charge in [-0.25, -0.2) is 0 Å². The number of hydrogen-bond donors (Lipinski definition) is 0. The van der Waals surface area contributed by atoms with Crippen molar-refractivity contribution < 1.29 is 22.2 Å². The molecule has 0 bridgehead atoms. The van der Waals surface area contributed by atoms with Gasteiger partial charge in [0.05, 0.1) is 17.8 Å². The molecule has 0 aliphatic carbocycles. The van der Waals surface area contributed by atoms with Gasteiger partial charge in [-0.1, -0.05) is 151 Å². The number of fused-ring (bicyclic) bond motifs is 5. The van der Waals surface area contributed by atoms with Crippen molar-refractivity contribution in [2.45, 2.75) is 6.42 Å². The first-order valence-corrected chi connectivity index (χ1v) is 14.8. The Morgan fingerprint density at radius 3 is 1.63 bits per heavy atom. The van der Waals surface area contributed by atoms with Crippen LogP contribution in [0.4, 0.5) is 0 Å². The molecule has 216 valence electrons. The van der Waals surface area contributed by atoms with E-state index in [1.807, 2.05) is 78.9 Å². The molecule has 0 aliphatic heterocycles. The average molecular weight is 600 g/mol. The van der Waals surface area contributed by atoms with Crippen LogP contribution >= 0.6 is 0 Å². The summed E-state index contributed by atoms with van der Waals surface area (Å²) in [4.78, 5) is 0. The molecule has 46 heavy (non-hydrogen) atoms. The van der Waals surface area contributed by atoms with Crippen LogP contribution in [-0.2, 0) is 6.42 Å². The van der Waals surface area contributed by atoms with Crippen LogP contribution in [0, 0.1) is 0 Å². The van der Waals surface area contributed by atoms with Crippen LogP contribution in [0.1, 0.15) is 28.9 Å². The Balaban J connectivity index is 1.41. The summed E-state index contributed by atoms with van der Waals surface area (Å²) in [6.45, 7) is 0. The van der Waals surface area contributed by atoms with E-state index in [0.29, 0.717) is 22.3 Å². The topological polar surface area (TPSA) is 13.1 Å². The van der Waals surface area contributed by atoms with Crippen LogP contribution in [0.2, 0.25) is 0 Å². The molecule has 0 fully saturated rings. The van der Waals surface area contributed by atoms with Crippen molar-refractivity contribution in [3.8, 4) is 33.4 Å². The fourth-order valence-electron chi connectivity index (χ4n) is 6.52. The molecular weight excluding hydrogens is 556 g/mol. The molecule has 0 saturated heterocycles. The normalized spacial score (nSPS) is 15.5. The lowest BCUT2D eigenvalue weighted by Gasteiger charge is -2.18. The highest BCUT2D eigenvalue weighted by molar-refractivity contribution is 6.19. The molecule has 1 aromatic heterocycles. The third kappa shape index (κ3) is 4.32. The van der Waals surface area contributed by atoms with Crippen LogP contribution in [-0.4, -0.2) is 0 Å². The highest BCUT2D eigenvalue weighted by Crippen LogP contribution is 2.44. The lowest BCUT2D eigenvalue weighted by Crippen LogP contribution is -1.95. The molecule has 0 aliphatic rings. The van der Waals surface area contributed by atoms with E-state index in [0.717, 1.165) is 27.5 Å². The second kappa shape index (κ2) is 10.9. The van der Waals surface area contributed by atoms with Gasteiger partial charge in [0.2, 0.25) is 0 Å². The number of rotatable bonds is 5. The molecular formula is C45H30O. The molecule has 0 spiro atoms. The van der Waals surface area contributed by atoms with Crippen LogP contribution in [0.5, 0.6) is 0 Å². The largest absolute Gasteiger partial charge is 0.456 e. The molecule has 8 aromatic carbocycles. The Labute approximate surface area is 286 Å². The zero-order chi connectivity index (χ0) is 41.8. The maximum absolute atomic E-state index is 9.31. The SMILES string of the molecule is [2H]c1c([2H])c([2H])c(Cc2c3c([2H])c([2H])c([2H])c([2H])c3c(-c3cccc(-c4cccc5oc6cccc(-c7ccccc7)c6c45)c3)c3c([2H])c([2H])c([2H])c([2H])c23)c([2H])c1[2H]. The average Bonchev–Trinajstić information content (AvgIpc) is 3.65. The van der Waals surface area contributed by atoms with Gasteiger partial charge in [-0.15, -0.1) is 0 Å². The first-order valence-electron chi connectivity index (χ1n) is 21.3. The molecule has 1 heterocycles. The van der Waals surface area contributed by atoms with Gasteiger partial charge in [-0.2, -0.15) is 0 Å². The van der Waals surface area contributed by atoms with Gasteiger partial charge in [0, 0.05) is 10.8 Å². The zero-order valence-corrected chi connectivity index (χ0v) is 24.3. The summed E-state index contributed by atoms with van der Waals surface area (Å²) in [7, 11) is 0. The fraction of sp³-hybridized carbons (Fsp3) is 0.0222. The van der Waals surface area contributed by atoms with Crippen molar-refractivity contribution in [3.05, 3.63) is 181 Å². The highest BCUT2D eigenvalue weighted by atomic mass is 16.3. The Kier molecular flexibility index (Phi) is 3.89. The monoisotopic (exact) mass is 599 g/mol. The summed E-state index contributed by atoms with van der Waals surface area (Å²) in [5.74, 6) is 0. The second-order valence-corrected chi connectivity index (χ2v) is 11.0. The standard InChI is InChI=1S/C45H30O/c1-3-14-30(15-4-1)28-40-36-20-7-9-22-38(36)43(39-23-10-8-21-37(39)40)33-19-11-18-32(29-33)35-25-13-27-42-45(35)44-34(24-12-26-41(44)46-42)31-16-5-2-6-17-31/h1-27,29H,28H2/i1D,3D,4D,7D,8D,9D,10D,14D,15D,20D,21D,22D,23D. The second-order valence-electron chi connectivity index (χ2n) is 11.0. The minimum Gasteiger partial charge on any atom is -0.456 e. The number of furan rings is 1. The molecule has 0 N–H and O–H groups in total. The van der Waals surface area contributed by atoms with Gasteiger partial charge < -0.3 is 4.42 Å². The van der Waals surface area contributed by atoms with E-state index < -0.39 is 85.0 Å². The molecule has 9 rings (SSSR count). The molecule has 9 aromatic rings. The van der Waals surface area contributed by atoms with Crippen molar-refractivity contribution >= 4 is 43.5 Å². The molecule has 0 amide bonds. The lowest BCUT2D eigenvalue weighted by molar-refractivity contribution is 0.669. The smallest absolute Gasteiger partial charge is 0.136 e. The molecule has 0 radical (unpaired) electrons. The fourth-order valence-corrected chi connectivity index (χ4v) is 6.52. The predicted octanol–water partition coefficient (Wildman–Crippen LogP) is 12.5. The first-order chi connectivity index (χ1) is 28.2. The summed E-state index contributed by atoms with van der Waals surface area (Å²) >= 11 is 0. The Bertz CT molecular complexity index is 3170. The van der Waals surface area contributed by atoms with E-state index in [4.69, 9.17) is 16.8 Å². The van der Waals surface area contributed by atoms with Crippen molar-refractivity contribution in [2.24, 2.45) is 0 Å². The van der Waals surface area contributed by atoms with Crippen LogP contribution in [0.3, 0.4) is 0 Å². The van der Waals surface area contributed by atoms with Gasteiger partial charge >= 0.3 is 0 Å². The lowest BCUT2D eigenvalue weighted by atomic mass is 9.85. The highest BCUT2D eigenvalue weighted by Gasteiger charge is 2.19. The zero-order valence-electron chi connectivity index (χ0n) is 37.3. The minimum absolute atomic E-state index is 0.0180. The molecule has 0 saturated carbocycles. The van der Waals surface area contributed by atoms with Crippen LogP contribution in [0.15, 0.2) is 174 Å². The summed E-state index contributed by atoms with van der Waals surface area (Å²) in [5.41, 5.74) is 5.10. The molecule has 0 atom stereocenters. The van der Waals surface area contributed by atoms with E-state index in [1.54, 1.807) is 12.1 Å². The van der Waals surface area contributed by atoms with Crippen LogP contribution in [0.25, 0.3) is 76.9 Å². The maximum Gasteiger partial charge on any atom is 0.136 e. The van der Waals surface area contributed by atoms with Gasteiger partial charge in [0.1, 0.15) is 11.2 Å². The Morgan fingerprint density at radius 1 is 0.457 bits per heavy atom. The summed E-state index contributed by atoms with van der Waals surface area (Å²) in [6, 6.07) is 21.6. The maximum atomic E-state index is 9.31. The van der Waals surface area contributed by atoms with Crippen molar-refractivity contribution in [1.82, 2.24) is 0 Å². The van der Waals surface area contributed by atoms with Crippen molar-refractivity contribution in [2.75, 3.05) is 0 Å². The summed E-state index contributed by atoms with van der Waals surface area (Å²) in [6.07, 6.45) is -0.494. The number of benzene rings is 8. The first kappa shape index (κ1) is 16.4. The van der Waals surface area contributed by atoms with Crippen LogP contribution < -0.4 is 0 Å². The summed E-state index contributed by atoms with van der Waals surface area (Å²) < 4.78 is 121. The quantitative estimate of drug-likeness (QED) is 0.179. The van der Waals surface area contributed by atoms with Gasteiger partial charge in [-0.05, 0) is 90.7 Å². The van der Waals surface area contributed by atoms with Gasteiger partial charge in [0.25, 0.3) is 0 Å². The van der Waals surface area contributed by atoms with Crippen molar-refractivity contribution in [3.63, 3.8) is 0 Å². The van der Waals surface area contributed by atoms with E-state index in [1.165, 1.54) is 0 Å². The Hall–Kier alpha value is -5.92. The van der Waals surface area contributed by atoms with E-state index in [-0.39, 0.29) is 38.2 Å². The minimum atomic E-state index is -0.618. The van der Waals surface area contributed by atoms with Crippen molar-refractivity contribution in [1.29, 1.82) is 0 Å². The summed E-state index contributed by atoms with van der Waals surface area (Å²) in [5, 5.41) is 1.49.